The Kier molecular flexibility index (Phi) is 8.45. The molecule has 1 saturated heterocycles. The van der Waals surface area contributed by atoms with Crippen molar-refractivity contribution >= 4 is 17.3 Å². The first-order valence-corrected chi connectivity index (χ1v) is 10.1. The average Bonchev–Trinajstić information content (AvgIpc) is 2.69. The third-order valence-corrected chi connectivity index (χ3v) is 4.92. The van der Waals surface area contributed by atoms with Gasteiger partial charge in [0.15, 0.2) is 0 Å². The van der Waals surface area contributed by atoms with Gasteiger partial charge in [0.05, 0.1) is 10.5 Å². The van der Waals surface area contributed by atoms with E-state index in [-0.39, 0.29) is 17.5 Å². The number of hydrogen-bond donors (Lipinski definition) is 1. The molecule has 7 nitrogen and oxygen atoms in total. The molecule has 0 saturated carbocycles. The lowest BCUT2D eigenvalue weighted by molar-refractivity contribution is -0.384. The number of nitro benzene ring substituents is 1. The van der Waals surface area contributed by atoms with Crippen LogP contribution in [0.15, 0.2) is 18.2 Å². The predicted molar refractivity (Wildman–Crippen MR) is 106 cm³/mol. The molecule has 0 spiro atoms. The number of carbonyl (C=O) groups excluding carboxylic acids is 1. The lowest BCUT2D eigenvalue weighted by Crippen LogP contribution is -2.41. The number of anilines is 1. The number of alkyl halides is 3. The molecule has 30 heavy (non-hydrogen) atoms. The number of benzene rings is 1. The summed E-state index contributed by atoms with van der Waals surface area (Å²) < 4.78 is 44.0. The number of carbonyl (C=O) groups is 1. The standard InChI is InChI=1S/C20H28F3N3O4/c1-14(2)13-30-11-3-8-24-19(27)15-6-9-25(10-7-15)17-5-4-16(20(21,22)23)12-18(17)26(28)29/h4-5,12,14-15H,3,6-11,13H2,1-2H3,(H,24,27). The maximum absolute atomic E-state index is 12.9. The van der Waals surface area contributed by atoms with Crippen LogP contribution < -0.4 is 10.2 Å². The van der Waals surface area contributed by atoms with Crippen LogP contribution in [0.2, 0.25) is 0 Å². The molecule has 10 heteroatoms. The summed E-state index contributed by atoms with van der Waals surface area (Å²) in [6.45, 7) is 6.63. The third-order valence-electron chi connectivity index (χ3n) is 4.92. The van der Waals surface area contributed by atoms with E-state index >= 15 is 0 Å². The van der Waals surface area contributed by atoms with E-state index in [1.807, 2.05) is 0 Å². The first-order valence-electron chi connectivity index (χ1n) is 10.1. The molecule has 1 amide bonds. The number of hydrogen-bond acceptors (Lipinski definition) is 5. The quantitative estimate of drug-likeness (QED) is 0.363. The van der Waals surface area contributed by atoms with Gasteiger partial charge in [0.1, 0.15) is 5.69 Å². The highest BCUT2D eigenvalue weighted by atomic mass is 19.4. The molecule has 0 bridgehead atoms. The second kappa shape index (κ2) is 10.6. The molecule has 1 aliphatic heterocycles. The molecule has 0 unspecified atom stereocenters. The molecule has 2 rings (SSSR count). The lowest BCUT2D eigenvalue weighted by Gasteiger charge is -2.32. The van der Waals surface area contributed by atoms with Gasteiger partial charge in [0.25, 0.3) is 5.69 Å². The summed E-state index contributed by atoms with van der Waals surface area (Å²) in [4.78, 5) is 24.5. The van der Waals surface area contributed by atoms with Crippen LogP contribution in [0, 0.1) is 22.0 Å². The van der Waals surface area contributed by atoms with E-state index in [2.05, 4.69) is 19.2 Å². The van der Waals surface area contributed by atoms with E-state index in [1.54, 1.807) is 4.90 Å². The summed E-state index contributed by atoms with van der Waals surface area (Å²) in [5.41, 5.74) is -1.48. The fraction of sp³-hybridized carbons (Fsp3) is 0.650. The minimum Gasteiger partial charge on any atom is -0.381 e. The van der Waals surface area contributed by atoms with Crippen molar-refractivity contribution in [1.82, 2.24) is 5.32 Å². The van der Waals surface area contributed by atoms with E-state index in [1.165, 1.54) is 0 Å². The molecule has 0 aliphatic carbocycles. The minimum atomic E-state index is -4.64. The highest BCUT2D eigenvalue weighted by Gasteiger charge is 2.34. The van der Waals surface area contributed by atoms with Gasteiger partial charge >= 0.3 is 6.18 Å². The molecule has 1 aromatic carbocycles. The van der Waals surface area contributed by atoms with Crippen LogP contribution in [0.3, 0.4) is 0 Å². The molecule has 1 fully saturated rings. The fourth-order valence-corrected chi connectivity index (χ4v) is 3.35. The van der Waals surface area contributed by atoms with Gasteiger partial charge in [0.2, 0.25) is 5.91 Å². The zero-order chi connectivity index (χ0) is 22.3. The van der Waals surface area contributed by atoms with Gasteiger partial charge in [0, 0.05) is 44.8 Å². The number of ether oxygens (including phenoxy) is 1. The second-order valence-corrected chi connectivity index (χ2v) is 7.83. The van der Waals surface area contributed by atoms with E-state index in [9.17, 15) is 28.1 Å². The Bertz CT molecular complexity index is 732. The van der Waals surface area contributed by atoms with Crippen molar-refractivity contribution in [2.24, 2.45) is 11.8 Å². The van der Waals surface area contributed by atoms with Crippen LogP contribution >= 0.6 is 0 Å². The number of halogens is 3. The van der Waals surface area contributed by atoms with E-state index in [4.69, 9.17) is 4.74 Å². The fourth-order valence-electron chi connectivity index (χ4n) is 3.35. The summed E-state index contributed by atoms with van der Waals surface area (Å²) in [5.74, 6) is 0.178. The molecular weight excluding hydrogens is 403 g/mol. The van der Waals surface area contributed by atoms with Crippen molar-refractivity contribution < 1.29 is 27.6 Å². The van der Waals surface area contributed by atoms with Crippen molar-refractivity contribution in [2.45, 2.75) is 39.3 Å². The van der Waals surface area contributed by atoms with Crippen LogP contribution in [0.1, 0.15) is 38.7 Å². The van der Waals surface area contributed by atoms with Gasteiger partial charge in [-0.15, -0.1) is 0 Å². The summed E-state index contributed by atoms with van der Waals surface area (Å²) in [6.07, 6.45) is -2.97. The Hall–Kier alpha value is -2.36. The van der Waals surface area contributed by atoms with Gasteiger partial charge in [-0.25, -0.2) is 0 Å². The van der Waals surface area contributed by atoms with Crippen LogP contribution in [-0.4, -0.2) is 43.7 Å². The van der Waals surface area contributed by atoms with E-state index in [0.29, 0.717) is 57.7 Å². The molecule has 0 radical (unpaired) electrons. The lowest BCUT2D eigenvalue weighted by atomic mass is 9.95. The van der Waals surface area contributed by atoms with Crippen LogP contribution in [0.5, 0.6) is 0 Å². The number of piperidine rings is 1. The van der Waals surface area contributed by atoms with Crippen LogP contribution in [0.4, 0.5) is 24.5 Å². The zero-order valence-corrected chi connectivity index (χ0v) is 17.2. The van der Waals surface area contributed by atoms with Crippen molar-refractivity contribution in [1.29, 1.82) is 0 Å². The first kappa shape index (κ1) is 23.9. The minimum absolute atomic E-state index is 0.0690. The molecule has 0 aromatic heterocycles. The number of amides is 1. The number of nitrogens with one attached hydrogen (secondary N) is 1. The molecule has 0 atom stereocenters. The molecule has 168 valence electrons. The third kappa shape index (κ3) is 6.86. The van der Waals surface area contributed by atoms with Gasteiger partial charge in [-0.05, 0) is 37.3 Å². The topological polar surface area (TPSA) is 84.7 Å². The Labute approximate surface area is 173 Å². The Morgan fingerprint density at radius 3 is 2.57 bits per heavy atom. The number of rotatable bonds is 9. The Balaban J connectivity index is 1.86. The summed E-state index contributed by atoms with van der Waals surface area (Å²) in [6, 6.07) is 2.55. The van der Waals surface area contributed by atoms with Gasteiger partial charge in [-0.2, -0.15) is 13.2 Å². The van der Waals surface area contributed by atoms with Crippen molar-refractivity contribution in [3.05, 3.63) is 33.9 Å². The van der Waals surface area contributed by atoms with Crippen molar-refractivity contribution in [2.75, 3.05) is 37.7 Å². The Morgan fingerprint density at radius 2 is 2.00 bits per heavy atom. The van der Waals surface area contributed by atoms with E-state index < -0.39 is 22.4 Å². The summed E-state index contributed by atoms with van der Waals surface area (Å²) in [5, 5.41) is 14.2. The normalized spacial score (nSPS) is 15.5. The Morgan fingerprint density at radius 1 is 1.33 bits per heavy atom. The second-order valence-electron chi connectivity index (χ2n) is 7.83. The maximum Gasteiger partial charge on any atom is 0.416 e. The highest BCUT2D eigenvalue weighted by molar-refractivity contribution is 5.79. The van der Waals surface area contributed by atoms with Gasteiger partial charge < -0.3 is 15.0 Å². The molecule has 1 N–H and O–H groups in total. The summed E-state index contributed by atoms with van der Waals surface area (Å²) >= 11 is 0. The number of nitro groups is 1. The first-order chi connectivity index (χ1) is 14.1. The SMILES string of the molecule is CC(C)COCCCNC(=O)C1CCN(c2ccc(C(F)(F)F)cc2[N+](=O)[O-])CC1. The zero-order valence-electron chi connectivity index (χ0n) is 17.2. The highest BCUT2D eigenvalue weighted by Crippen LogP contribution is 2.37. The molecular formula is C20H28F3N3O4. The van der Waals surface area contributed by atoms with Crippen LogP contribution in [0.25, 0.3) is 0 Å². The largest absolute Gasteiger partial charge is 0.416 e. The van der Waals surface area contributed by atoms with Gasteiger partial charge in [-0.3, -0.25) is 14.9 Å². The average molecular weight is 431 g/mol. The van der Waals surface area contributed by atoms with Crippen molar-refractivity contribution in [3.8, 4) is 0 Å². The smallest absolute Gasteiger partial charge is 0.381 e. The molecule has 1 aromatic rings. The number of nitrogens with zero attached hydrogens (tertiary/aromatic N) is 2. The maximum atomic E-state index is 12.9. The van der Waals surface area contributed by atoms with Crippen LogP contribution in [-0.2, 0) is 15.7 Å². The van der Waals surface area contributed by atoms with Crippen molar-refractivity contribution in [3.63, 3.8) is 0 Å². The molecule has 1 heterocycles. The van der Waals surface area contributed by atoms with Gasteiger partial charge in [-0.1, -0.05) is 13.8 Å². The monoisotopic (exact) mass is 431 g/mol. The molecule has 1 aliphatic rings. The summed E-state index contributed by atoms with van der Waals surface area (Å²) in [7, 11) is 0. The predicted octanol–water partition coefficient (Wildman–Crippen LogP) is 4.01. The van der Waals surface area contributed by atoms with E-state index in [0.717, 1.165) is 18.6 Å².